The minimum atomic E-state index is -1.62. The Labute approximate surface area is 872 Å². The summed E-state index contributed by atoms with van der Waals surface area (Å²) in [6.45, 7) is 7.40. The molecule has 838 valence electrons. The summed E-state index contributed by atoms with van der Waals surface area (Å²) in [5.41, 5.74) is 28.9. The zero-order valence-electron chi connectivity index (χ0n) is 86.1. The number of carbonyl (C=O) groups is 23. The fraction of sp³-hybridized carbons (Fsp3) is 0.645. The molecule has 1 aliphatic heterocycles. The Balaban J connectivity index is 2.00. The van der Waals surface area contributed by atoms with Gasteiger partial charge in [-0.05, 0) is 140 Å². The molecule has 150 heavy (non-hydrogen) atoms. The number of hydrogen-bond donors (Lipinski definition) is 30. The van der Waals surface area contributed by atoms with Gasteiger partial charge in [0.2, 0.25) is 124 Å². The molecule has 57 heteroatoms. The number of aliphatic carboxylic acids is 2. The molecule has 0 unspecified atom stereocenters. The highest BCUT2D eigenvalue weighted by atomic mass is 32.2. The maximum Gasteiger partial charge on any atom is 0.326 e. The first-order chi connectivity index (χ1) is 71.0. The average molecular weight is 2140 g/mol. The van der Waals surface area contributed by atoms with Crippen LogP contribution in [0.4, 0.5) is 0 Å². The first-order valence-corrected chi connectivity index (χ1v) is 50.8. The Hall–Kier alpha value is -14.5. The van der Waals surface area contributed by atoms with Crippen LogP contribution in [0.15, 0.2) is 36.8 Å². The molecule has 0 bridgehead atoms. The zero-order chi connectivity index (χ0) is 112. The second-order valence-corrected chi connectivity index (χ2v) is 37.6. The predicted molar refractivity (Wildman–Crippen MR) is 542 cm³/mol. The second-order valence-electron chi connectivity index (χ2n) is 36.6. The fourth-order valence-corrected chi connectivity index (χ4v) is 15.8. The van der Waals surface area contributed by atoms with Gasteiger partial charge < -0.3 is 165 Å². The summed E-state index contributed by atoms with van der Waals surface area (Å²) in [5, 5.41) is 94.9. The van der Waals surface area contributed by atoms with Gasteiger partial charge >= 0.3 is 11.9 Å². The number of rotatable bonds is 74. The number of aliphatic hydroxyl groups is 1. The molecule has 1 fully saturated rings. The van der Waals surface area contributed by atoms with Gasteiger partial charge in [-0.1, -0.05) is 72.9 Å². The van der Waals surface area contributed by atoms with Crippen LogP contribution in [0.5, 0.6) is 5.75 Å². The number of hydrogen-bond acceptors (Lipinski definition) is 31. The van der Waals surface area contributed by atoms with Gasteiger partial charge in [-0.3, -0.25) is 111 Å². The third-order valence-electron chi connectivity index (χ3n) is 24.2. The summed E-state index contributed by atoms with van der Waals surface area (Å²) in [4.78, 5) is 320. The lowest BCUT2D eigenvalue weighted by atomic mass is 9.96. The Morgan fingerprint density at radius 3 is 1.51 bits per heavy atom. The molecule has 21 amide bonds. The number of thioether (sulfide) groups is 1. The van der Waals surface area contributed by atoms with E-state index < -0.39 is 310 Å². The quantitative estimate of drug-likeness (QED) is 0.0127. The fourth-order valence-electron chi connectivity index (χ4n) is 14.9. The molecule has 35 N–H and O–H groups in total. The van der Waals surface area contributed by atoms with Crippen molar-refractivity contribution in [2.75, 3.05) is 91.2 Å². The van der Waals surface area contributed by atoms with Gasteiger partial charge in [0.05, 0.1) is 51.0 Å². The molecular weight excluding hydrogens is 1990 g/mol. The van der Waals surface area contributed by atoms with E-state index in [0.717, 1.165) is 11.8 Å². The van der Waals surface area contributed by atoms with Crippen molar-refractivity contribution >= 4 is 154 Å². The highest BCUT2D eigenvalue weighted by molar-refractivity contribution is 7.99. The highest BCUT2D eigenvalue weighted by Crippen LogP contribution is 2.23. The van der Waals surface area contributed by atoms with Crippen LogP contribution in [-0.2, 0) is 123 Å². The van der Waals surface area contributed by atoms with Crippen molar-refractivity contribution in [2.24, 2.45) is 46.4 Å². The monoisotopic (exact) mass is 2140 g/mol. The smallest absolute Gasteiger partial charge is 0.326 e. The number of phenolic OH excluding ortho intramolecular Hbond substituents is 1. The Morgan fingerprint density at radius 1 is 0.480 bits per heavy atom. The standard InChI is InChI=1S/C93H153N29O27S/c1-10-50(4)76(97)88(144)114-60(29-32-75(133)134)82(138)116-63(39-54-23-25-56(125)26-24-54)85(141)119-77(51(5)11-2)89(145)102-35-16-14-19-57(109-70(128)33-37-101-71(129)42-104-81(137)66(47-150-49-108-53(7)124)118-86(142)65(46-123)112-74(132)45-121(8)9)79(135)105-43-72(130)110-58(21-17-36-103-93(98)99)83(139)120-78(52(6)12-3)90(146)115-61(20-13-15-34-94)91(147)122-38-18-22-67(122)87(143)117-64(40-55-41-100-48-107-55)84(140)113-59(27-30-68(95)126)80(136)106-44-73(131)111-62(92(148)149)28-31-69(96)127/h23-26,41,48,50-52,57-67,76-78,123,125H,10-22,27-40,42-47,49,94,97H2,1-9H3,(H2,95,126)(H2,96,127)(H,100,107)(H,101,129)(H,102,145)(H,104,137)(H,105,135)(H,106,136)(H,108,124)(H,109,128)(H,110,130)(H,111,131)(H,112,132)(H,113,140)(H,114,144)(H,115,146)(H,116,138)(H,117,143)(H,118,142)(H,119,141)(H,120,139)(H,133,134)(H,148,149)(H4,98,99,103)/t50-,51-,52-,57-,58-,59-,60-,61-,62-,63-,64-,65-,66-,67-,76-,77-,78-/m0/s1. The molecule has 1 aromatic heterocycles. The van der Waals surface area contributed by atoms with E-state index in [1.54, 1.807) is 55.6 Å². The molecule has 1 aromatic carbocycles. The van der Waals surface area contributed by atoms with Crippen molar-refractivity contribution in [1.82, 2.24) is 121 Å². The highest BCUT2D eigenvalue weighted by Gasteiger charge is 2.43. The van der Waals surface area contributed by atoms with Gasteiger partial charge in [0.25, 0.3) is 0 Å². The minimum absolute atomic E-state index is 0.00941. The Bertz CT molecular complexity index is 4850. The number of primary amides is 2. The maximum atomic E-state index is 15.1. The van der Waals surface area contributed by atoms with Crippen molar-refractivity contribution in [3.05, 3.63) is 48.0 Å². The van der Waals surface area contributed by atoms with E-state index in [0.29, 0.717) is 24.8 Å². The summed E-state index contributed by atoms with van der Waals surface area (Å²) in [7, 11) is 3.17. The number of guanidine groups is 1. The lowest BCUT2D eigenvalue weighted by molar-refractivity contribution is -0.143. The van der Waals surface area contributed by atoms with E-state index in [2.05, 4.69) is 111 Å². The number of benzene rings is 1. The first-order valence-electron chi connectivity index (χ1n) is 49.6. The van der Waals surface area contributed by atoms with Crippen molar-refractivity contribution < 1.29 is 131 Å². The van der Waals surface area contributed by atoms with E-state index in [1.807, 2.05) is 0 Å². The van der Waals surface area contributed by atoms with Crippen molar-refractivity contribution in [2.45, 2.75) is 274 Å². The number of unbranched alkanes of at least 4 members (excludes halogenated alkanes) is 2. The van der Waals surface area contributed by atoms with Crippen molar-refractivity contribution in [3.8, 4) is 5.75 Å². The van der Waals surface area contributed by atoms with Gasteiger partial charge in [-0.2, -0.15) is 0 Å². The average Bonchev–Trinajstić information content (AvgIpc) is 1.65. The molecule has 2 heterocycles. The van der Waals surface area contributed by atoms with Crippen LogP contribution in [0.2, 0.25) is 0 Å². The van der Waals surface area contributed by atoms with E-state index >= 15 is 4.79 Å². The number of nitrogens with two attached hydrogens (primary N) is 5. The third-order valence-corrected chi connectivity index (χ3v) is 25.1. The number of nitrogens with one attached hydrogen (secondary N) is 21. The summed E-state index contributed by atoms with van der Waals surface area (Å²) < 4.78 is 0. The number of phenols is 1. The molecule has 2 aromatic rings. The number of aromatic hydroxyl groups is 1. The van der Waals surface area contributed by atoms with E-state index in [1.165, 1.54) is 53.5 Å². The molecule has 1 saturated heterocycles. The Kier molecular flexibility index (Phi) is 60.2. The number of amides is 21. The van der Waals surface area contributed by atoms with Crippen LogP contribution in [0.1, 0.15) is 188 Å². The molecule has 17 atom stereocenters. The minimum Gasteiger partial charge on any atom is -0.508 e. The number of nitrogens with zero attached hydrogens (tertiary/aromatic N) is 3. The third kappa shape index (κ3) is 50.5. The lowest BCUT2D eigenvalue weighted by Gasteiger charge is -2.32. The Morgan fingerprint density at radius 2 is 0.953 bits per heavy atom. The molecule has 3 rings (SSSR count). The maximum absolute atomic E-state index is 15.1. The SMILES string of the molecule is CC[C@H](C)[C@H](N)C(=O)N[C@@H](CCC(=O)O)C(=O)N[C@@H](Cc1ccc(O)cc1)C(=O)N[C@H](C(=O)NCCCC[C@H](NC(=O)CCNC(=O)CNC(=O)[C@H](CSCNC(C)=O)NC(=O)[C@H](CO)NC(=O)CN(C)C)C(=O)NCC(=O)N[C@@H](CCCNC(=N)N)C(=O)N[C@H](C(=O)N[C@@H](CCCCN)C(=O)N1CCC[C@H]1C(=O)N[C@@H](Cc1cnc[nH]1)C(=O)N[C@@H](CCC(N)=O)C(=O)NCC(=O)N[C@@H](CCC(N)=O)C(=O)O)[C@@H](C)CC)[C@@H](C)CC. The van der Waals surface area contributed by atoms with Crippen LogP contribution < -0.4 is 130 Å². The number of aliphatic hydroxyl groups excluding tert-OH is 1. The number of aromatic nitrogens is 2. The number of likely N-dealkylation sites (N-methyl/N-ethyl adjacent to an activating group) is 1. The topological polar surface area (TPSA) is 891 Å². The van der Waals surface area contributed by atoms with Gasteiger partial charge in [-0.15, -0.1) is 11.8 Å². The normalized spacial score (nSPS) is 15.3. The zero-order valence-corrected chi connectivity index (χ0v) is 87.0. The van der Waals surface area contributed by atoms with Crippen molar-refractivity contribution in [1.29, 1.82) is 5.41 Å². The lowest BCUT2D eigenvalue weighted by Crippen LogP contribution is -2.60. The van der Waals surface area contributed by atoms with Crippen LogP contribution in [0.25, 0.3) is 0 Å². The second kappa shape index (κ2) is 69.7. The molecule has 0 radical (unpaired) electrons. The first kappa shape index (κ1) is 130. The van der Waals surface area contributed by atoms with Gasteiger partial charge in [-0.25, -0.2) is 9.78 Å². The summed E-state index contributed by atoms with van der Waals surface area (Å²) in [6, 6.07) is -14.7. The molecule has 0 spiro atoms. The summed E-state index contributed by atoms with van der Waals surface area (Å²) in [6.07, 6.45) is 0.163. The number of carboxylic acids is 2. The molecule has 0 aliphatic carbocycles. The summed E-state index contributed by atoms with van der Waals surface area (Å²) >= 11 is 0.999. The number of carboxylic acid groups (broad SMARTS) is 2. The number of likely N-dealkylation sites (tertiary alicyclic amines) is 1. The van der Waals surface area contributed by atoms with Gasteiger partial charge in [0.1, 0.15) is 84.3 Å². The van der Waals surface area contributed by atoms with E-state index in [-0.39, 0.29) is 145 Å². The van der Waals surface area contributed by atoms with Crippen LogP contribution in [0.3, 0.4) is 0 Å². The predicted octanol–water partition coefficient (Wildman–Crippen LogP) is -9.43. The van der Waals surface area contributed by atoms with Crippen LogP contribution >= 0.6 is 11.8 Å². The number of H-pyrrole nitrogens is 1. The largest absolute Gasteiger partial charge is 0.508 e. The summed E-state index contributed by atoms with van der Waals surface area (Å²) in [5.74, 6) is -23.6. The van der Waals surface area contributed by atoms with Crippen LogP contribution in [-0.4, -0.2) is 358 Å². The molecule has 1 aliphatic rings. The number of imidazole rings is 1. The number of carbonyl (C=O) groups excluding carboxylic acids is 21. The molecule has 56 nitrogen and oxygen atoms in total. The molecule has 0 saturated carbocycles. The van der Waals surface area contributed by atoms with Gasteiger partial charge in [0.15, 0.2) is 5.96 Å². The molecular formula is C93H153N29O27S. The number of aromatic amines is 1. The van der Waals surface area contributed by atoms with E-state index in [9.17, 15) is 126 Å². The van der Waals surface area contributed by atoms with Crippen LogP contribution in [0, 0.1) is 23.2 Å². The van der Waals surface area contributed by atoms with Gasteiger partial charge in [0, 0.05) is 89.3 Å². The van der Waals surface area contributed by atoms with E-state index in [4.69, 9.17) is 34.1 Å². The van der Waals surface area contributed by atoms with Crippen molar-refractivity contribution in [3.63, 3.8) is 0 Å².